The van der Waals surface area contributed by atoms with Crippen LogP contribution in [0.2, 0.25) is 0 Å². The van der Waals surface area contributed by atoms with Crippen LogP contribution in [0.15, 0.2) is 92.0 Å². The van der Waals surface area contributed by atoms with Crippen LogP contribution in [0.4, 0.5) is 17.6 Å². The Morgan fingerprint density at radius 3 is 1.13 bits per heavy atom. The molecule has 75 heavy (non-hydrogen) atoms. The molecule has 3 N–H and O–H groups in total. The number of nitrogens with zero attached hydrogens (tertiary/aromatic N) is 4. The van der Waals surface area contributed by atoms with E-state index in [1.54, 1.807) is 76.2 Å². The molecule has 0 spiro atoms. The third-order valence-corrected chi connectivity index (χ3v) is 12.7. The number of carbonyl (C=O) groups is 4. The first-order chi connectivity index (χ1) is 35.6. The number of hydrogen-bond donors (Lipinski definition) is 3. The Morgan fingerprint density at radius 1 is 0.507 bits per heavy atom. The summed E-state index contributed by atoms with van der Waals surface area (Å²) in [6, 6.07) is 13.6. The molecule has 0 saturated heterocycles. The van der Waals surface area contributed by atoms with Gasteiger partial charge in [0, 0.05) is 65.5 Å². The third kappa shape index (κ3) is 12.6. The molecule has 21 heteroatoms. The first-order valence-electron chi connectivity index (χ1n) is 23.9. The van der Waals surface area contributed by atoms with Crippen molar-refractivity contribution in [1.29, 1.82) is 0 Å². The van der Waals surface area contributed by atoms with Crippen molar-refractivity contribution in [3.63, 3.8) is 0 Å². The molecule has 2 atom stereocenters. The van der Waals surface area contributed by atoms with E-state index in [4.69, 9.17) is 9.47 Å². The number of esters is 2. The van der Waals surface area contributed by atoms with E-state index in [1.807, 2.05) is 0 Å². The zero-order valence-electron chi connectivity index (χ0n) is 42.6. The summed E-state index contributed by atoms with van der Waals surface area (Å²) in [6.07, 6.45) is 0.586. The summed E-state index contributed by atoms with van der Waals surface area (Å²) in [5.74, 6) is -9.30. The number of nitrogens with one attached hydrogen (secondary N) is 3. The minimum atomic E-state index is -1.39. The smallest absolute Gasteiger partial charge is 0.330 e. The predicted molar refractivity (Wildman–Crippen MR) is 270 cm³/mol. The summed E-state index contributed by atoms with van der Waals surface area (Å²) in [6.45, 7) is 6.28. The maximum absolute atomic E-state index is 15.6. The highest BCUT2D eigenvalue weighted by molar-refractivity contribution is 5.98. The Hall–Kier alpha value is -8.20. The van der Waals surface area contributed by atoms with E-state index in [-0.39, 0.29) is 61.4 Å². The maximum Gasteiger partial charge on any atom is 0.330 e. The molecule has 2 aromatic heterocycles. The van der Waals surface area contributed by atoms with Gasteiger partial charge in [0.1, 0.15) is 46.5 Å². The van der Waals surface area contributed by atoms with Crippen molar-refractivity contribution >= 4 is 23.8 Å². The van der Waals surface area contributed by atoms with E-state index in [9.17, 15) is 38.4 Å². The van der Waals surface area contributed by atoms with Crippen LogP contribution in [0.5, 0.6) is 0 Å². The van der Waals surface area contributed by atoms with Crippen LogP contribution in [0.25, 0.3) is 22.3 Å². The van der Waals surface area contributed by atoms with Gasteiger partial charge in [-0.3, -0.25) is 28.3 Å². The Bertz CT molecular complexity index is 3150. The minimum Gasteiger partial charge on any atom is -0.464 e. The van der Waals surface area contributed by atoms with Crippen molar-refractivity contribution in [1.82, 2.24) is 34.2 Å². The van der Waals surface area contributed by atoms with E-state index in [0.29, 0.717) is 46.5 Å². The standard InChI is InChI=1S/C54H57F4N7O10/c1-9-19-74-51(70)41(25-31-11-15-35(16-12-31)43-29(3)62(5)53(72)64(7)49(43)68)60-47(66)45-37(55)21-33(22-38(45)56)27-59-28-34-23-39(57)46(40(58)24-34)48(67)61-42(52(71)75-20-10-2)26-32-13-17-36(18-14-32)44-30(4)63(6)54(73)65(8)50(44)69/h11-18,21-24,41-42,59H,9-10,19-20,25-28H2,1-8H3,(H,60,66)(H,61,67). The van der Waals surface area contributed by atoms with E-state index < -0.39 is 92.7 Å². The molecule has 6 rings (SSSR count). The molecule has 2 heterocycles. The van der Waals surface area contributed by atoms with Crippen molar-refractivity contribution in [3.8, 4) is 22.3 Å². The van der Waals surface area contributed by atoms with Gasteiger partial charge in [-0.05, 0) is 84.3 Å². The topological polar surface area (TPSA) is 211 Å². The number of benzene rings is 4. The molecule has 2 amide bonds. The Labute approximate surface area is 427 Å². The molecule has 4 aromatic carbocycles. The summed E-state index contributed by atoms with van der Waals surface area (Å²) < 4.78 is 77.4. The van der Waals surface area contributed by atoms with Gasteiger partial charge in [0.2, 0.25) is 0 Å². The normalized spacial score (nSPS) is 12.0. The quantitative estimate of drug-likeness (QED) is 0.0694. The Balaban J connectivity index is 1.10. The Kier molecular flexibility index (Phi) is 18.1. The zero-order chi connectivity index (χ0) is 55.0. The molecule has 0 aliphatic carbocycles. The number of ether oxygens (including phenoxy) is 2. The number of aromatic nitrogens is 4. The van der Waals surface area contributed by atoms with Gasteiger partial charge >= 0.3 is 23.3 Å². The molecule has 6 aromatic rings. The lowest BCUT2D eigenvalue weighted by atomic mass is 10.00. The highest BCUT2D eigenvalue weighted by atomic mass is 19.1. The SMILES string of the molecule is CCCOC(=O)C(Cc1ccc(-c2c(C)n(C)c(=O)n(C)c2=O)cc1)NC(=O)c1c(F)cc(CNCc2cc(F)c(C(=O)NC(Cc3ccc(-c4c(C)n(C)c(=O)n(C)c4=O)cc3)C(=O)OCCC)c(F)c2)cc1F. The van der Waals surface area contributed by atoms with Gasteiger partial charge < -0.3 is 34.6 Å². The van der Waals surface area contributed by atoms with Crippen LogP contribution in [-0.4, -0.2) is 67.3 Å². The summed E-state index contributed by atoms with van der Waals surface area (Å²) in [4.78, 5) is 104. The number of hydrogen-bond acceptors (Lipinski definition) is 11. The molecule has 0 saturated carbocycles. The first-order valence-corrected chi connectivity index (χ1v) is 23.9. The summed E-state index contributed by atoms with van der Waals surface area (Å²) in [5, 5.41) is 7.56. The van der Waals surface area contributed by atoms with E-state index >= 15 is 17.6 Å². The molecule has 2 unspecified atom stereocenters. The van der Waals surface area contributed by atoms with Crippen molar-refractivity contribution in [3.05, 3.63) is 183 Å². The van der Waals surface area contributed by atoms with Gasteiger partial charge in [0.25, 0.3) is 22.9 Å². The highest BCUT2D eigenvalue weighted by Crippen LogP contribution is 2.23. The highest BCUT2D eigenvalue weighted by Gasteiger charge is 2.29. The lowest BCUT2D eigenvalue weighted by Gasteiger charge is -2.19. The molecule has 17 nitrogen and oxygen atoms in total. The van der Waals surface area contributed by atoms with E-state index in [2.05, 4.69) is 16.0 Å². The van der Waals surface area contributed by atoms with Crippen LogP contribution < -0.4 is 38.4 Å². The molecule has 0 fully saturated rings. The molecule has 396 valence electrons. The second kappa shape index (κ2) is 24.2. The molecule has 0 aliphatic rings. The fourth-order valence-electron chi connectivity index (χ4n) is 8.34. The maximum atomic E-state index is 15.6. The van der Waals surface area contributed by atoms with Crippen LogP contribution in [0.3, 0.4) is 0 Å². The molecular formula is C54H57F4N7O10. The summed E-state index contributed by atoms with van der Waals surface area (Å²) >= 11 is 0. The average Bonchev–Trinajstić information content (AvgIpc) is 3.37. The van der Waals surface area contributed by atoms with Crippen molar-refractivity contribution in [2.75, 3.05) is 13.2 Å². The zero-order valence-corrected chi connectivity index (χ0v) is 42.6. The van der Waals surface area contributed by atoms with Crippen molar-refractivity contribution < 1.29 is 46.2 Å². The lowest BCUT2D eigenvalue weighted by molar-refractivity contribution is -0.146. The van der Waals surface area contributed by atoms with Gasteiger partial charge in [-0.1, -0.05) is 62.4 Å². The van der Waals surface area contributed by atoms with Gasteiger partial charge in [-0.25, -0.2) is 36.7 Å². The van der Waals surface area contributed by atoms with Crippen LogP contribution in [0, 0.1) is 37.1 Å². The summed E-state index contributed by atoms with van der Waals surface area (Å²) in [7, 11) is 5.80. The number of carbonyl (C=O) groups excluding carboxylic acids is 4. The number of amides is 2. The first kappa shape index (κ1) is 56.1. The number of rotatable bonds is 20. The number of halogens is 4. The fourth-order valence-corrected chi connectivity index (χ4v) is 8.34. The van der Waals surface area contributed by atoms with Gasteiger partial charge in [0.05, 0.1) is 24.3 Å². The van der Waals surface area contributed by atoms with Crippen LogP contribution in [-0.2, 0) is 73.2 Å². The lowest BCUT2D eigenvalue weighted by Crippen LogP contribution is -2.44. The Morgan fingerprint density at radius 2 is 0.827 bits per heavy atom. The predicted octanol–water partition coefficient (Wildman–Crippen LogP) is 4.87. The van der Waals surface area contributed by atoms with Gasteiger partial charge in [0.15, 0.2) is 0 Å². The second-order valence-electron chi connectivity index (χ2n) is 18.0. The van der Waals surface area contributed by atoms with Gasteiger partial charge in [-0.2, -0.15) is 0 Å². The third-order valence-electron chi connectivity index (χ3n) is 12.7. The van der Waals surface area contributed by atoms with Crippen molar-refractivity contribution in [2.45, 2.75) is 78.6 Å². The van der Waals surface area contributed by atoms with Crippen molar-refractivity contribution in [2.24, 2.45) is 28.2 Å². The van der Waals surface area contributed by atoms with Crippen LogP contribution in [0.1, 0.15) is 81.0 Å². The van der Waals surface area contributed by atoms with Gasteiger partial charge in [-0.15, -0.1) is 0 Å². The molecular weight excluding hydrogens is 983 g/mol. The second-order valence-corrected chi connectivity index (χ2v) is 18.0. The fraction of sp³-hybridized carbons (Fsp3) is 0.333. The van der Waals surface area contributed by atoms with E-state index in [1.165, 1.54) is 37.3 Å². The monoisotopic (exact) mass is 1040 g/mol. The molecule has 0 aliphatic heterocycles. The van der Waals surface area contributed by atoms with Crippen LogP contribution >= 0.6 is 0 Å². The molecule has 0 bridgehead atoms. The largest absolute Gasteiger partial charge is 0.464 e. The average molecular weight is 1040 g/mol. The minimum absolute atomic E-state index is 0.00283. The van der Waals surface area contributed by atoms with E-state index in [0.717, 1.165) is 33.4 Å². The molecule has 0 radical (unpaired) electrons. The summed E-state index contributed by atoms with van der Waals surface area (Å²) in [5.41, 5.74) is -0.563.